The molecule has 1 aromatic heterocycles. The average molecular weight is 289 g/mol. The molecule has 0 spiro atoms. The van der Waals surface area contributed by atoms with Gasteiger partial charge >= 0.3 is 6.01 Å². The number of hydrogen-bond acceptors (Lipinski definition) is 6. The first-order chi connectivity index (χ1) is 10.3. The Labute approximate surface area is 123 Å². The Morgan fingerprint density at radius 3 is 2.81 bits per heavy atom. The number of nitrogens with one attached hydrogen (secondary N) is 1. The zero-order valence-corrected chi connectivity index (χ0v) is 12.3. The molecule has 2 heterocycles. The molecule has 6 heteroatoms. The molecular weight excluding hydrogens is 270 g/mol. The van der Waals surface area contributed by atoms with Crippen molar-refractivity contribution in [2.45, 2.75) is 32.7 Å². The summed E-state index contributed by atoms with van der Waals surface area (Å²) in [6.07, 6.45) is 1.78. The number of aryl methyl sites for hydroxylation is 1. The van der Waals surface area contributed by atoms with Crippen LogP contribution in [0.15, 0.2) is 22.6 Å². The van der Waals surface area contributed by atoms with Gasteiger partial charge in [0.2, 0.25) is 5.89 Å². The minimum atomic E-state index is 0.0377. The van der Waals surface area contributed by atoms with Crippen LogP contribution in [0.4, 0.5) is 6.01 Å². The first kappa shape index (κ1) is 13.7. The number of ether oxygens (including phenoxy) is 2. The summed E-state index contributed by atoms with van der Waals surface area (Å²) < 4.78 is 16.7. The molecule has 112 valence electrons. The minimum absolute atomic E-state index is 0.0377. The Kier molecular flexibility index (Phi) is 3.94. The van der Waals surface area contributed by atoms with E-state index in [4.69, 9.17) is 13.9 Å². The van der Waals surface area contributed by atoms with Crippen LogP contribution in [0.3, 0.4) is 0 Å². The molecule has 1 aliphatic heterocycles. The number of anilines is 1. The maximum absolute atomic E-state index is 5.60. The molecule has 0 saturated heterocycles. The lowest BCUT2D eigenvalue weighted by Gasteiger charge is -2.20. The summed E-state index contributed by atoms with van der Waals surface area (Å²) in [5.41, 5.74) is 1.08. The lowest BCUT2D eigenvalue weighted by atomic mass is 10.1. The highest BCUT2D eigenvalue weighted by Gasteiger charge is 2.16. The van der Waals surface area contributed by atoms with E-state index < -0.39 is 0 Å². The fraction of sp³-hybridized carbons (Fsp3) is 0.467. The Morgan fingerprint density at radius 2 is 2.00 bits per heavy atom. The number of hydrogen-bond donors (Lipinski definition) is 1. The molecule has 1 aromatic carbocycles. The maximum atomic E-state index is 5.60. The van der Waals surface area contributed by atoms with Gasteiger partial charge in [-0.1, -0.05) is 18.1 Å². The van der Waals surface area contributed by atoms with Gasteiger partial charge in [0.1, 0.15) is 13.2 Å². The highest BCUT2D eigenvalue weighted by atomic mass is 16.6. The highest BCUT2D eigenvalue weighted by molar-refractivity contribution is 5.45. The molecule has 0 unspecified atom stereocenters. The van der Waals surface area contributed by atoms with E-state index in [2.05, 4.69) is 22.4 Å². The van der Waals surface area contributed by atoms with Crippen LogP contribution in [-0.4, -0.2) is 23.4 Å². The maximum Gasteiger partial charge on any atom is 0.315 e. The normalized spacial score (nSPS) is 14.8. The second-order valence-corrected chi connectivity index (χ2v) is 5.02. The highest BCUT2D eigenvalue weighted by Crippen LogP contribution is 2.33. The van der Waals surface area contributed by atoms with Crippen molar-refractivity contribution in [2.24, 2.45) is 0 Å². The van der Waals surface area contributed by atoms with E-state index in [1.165, 1.54) is 0 Å². The largest absolute Gasteiger partial charge is 0.486 e. The van der Waals surface area contributed by atoms with Crippen LogP contribution in [0.5, 0.6) is 11.5 Å². The van der Waals surface area contributed by atoms with Crippen molar-refractivity contribution in [3.8, 4) is 11.5 Å². The summed E-state index contributed by atoms with van der Waals surface area (Å²) in [5.74, 6) is 2.24. The Morgan fingerprint density at radius 1 is 1.19 bits per heavy atom. The number of rotatable bonds is 5. The average Bonchev–Trinajstić information content (AvgIpc) is 2.94. The summed E-state index contributed by atoms with van der Waals surface area (Å²) in [6.45, 7) is 5.30. The molecule has 0 amide bonds. The van der Waals surface area contributed by atoms with Gasteiger partial charge in [-0.25, -0.2) is 0 Å². The van der Waals surface area contributed by atoms with Crippen LogP contribution in [0.1, 0.15) is 37.8 Å². The van der Waals surface area contributed by atoms with E-state index in [-0.39, 0.29) is 6.04 Å². The number of fused-ring (bicyclic) bond motifs is 1. The van der Waals surface area contributed by atoms with Crippen LogP contribution in [0, 0.1) is 0 Å². The van der Waals surface area contributed by atoms with Crippen molar-refractivity contribution in [1.82, 2.24) is 10.2 Å². The molecule has 0 radical (unpaired) electrons. The van der Waals surface area contributed by atoms with E-state index in [9.17, 15) is 0 Å². The van der Waals surface area contributed by atoms with E-state index in [0.717, 1.165) is 29.9 Å². The third-order valence-corrected chi connectivity index (χ3v) is 3.34. The molecule has 1 N–H and O–H groups in total. The van der Waals surface area contributed by atoms with Crippen molar-refractivity contribution in [2.75, 3.05) is 18.5 Å². The van der Waals surface area contributed by atoms with Gasteiger partial charge in [-0.05, 0) is 31.0 Å². The van der Waals surface area contributed by atoms with Gasteiger partial charge in [0.15, 0.2) is 11.5 Å². The molecule has 6 nitrogen and oxygen atoms in total. The van der Waals surface area contributed by atoms with E-state index >= 15 is 0 Å². The molecule has 0 aliphatic carbocycles. The molecule has 1 aliphatic rings. The van der Waals surface area contributed by atoms with Gasteiger partial charge in [0, 0.05) is 6.42 Å². The molecule has 0 saturated carbocycles. The Hall–Kier alpha value is -2.24. The first-order valence-electron chi connectivity index (χ1n) is 7.24. The predicted molar refractivity (Wildman–Crippen MR) is 77.8 cm³/mol. The molecular formula is C15H19N3O3. The topological polar surface area (TPSA) is 69.4 Å². The SMILES string of the molecule is CCCc1nnc(N[C@@H](C)c2ccc3c(c2)OCCO3)o1. The third-order valence-electron chi connectivity index (χ3n) is 3.34. The number of benzene rings is 1. The fourth-order valence-electron chi connectivity index (χ4n) is 2.22. The summed E-state index contributed by atoms with van der Waals surface area (Å²) >= 11 is 0. The lowest BCUT2D eigenvalue weighted by molar-refractivity contribution is 0.171. The summed E-state index contributed by atoms with van der Waals surface area (Å²) in [7, 11) is 0. The van der Waals surface area contributed by atoms with Crippen molar-refractivity contribution in [1.29, 1.82) is 0 Å². The van der Waals surface area contributed by atoms with Gasteiger partial charge < -0.3 is 19.2 Å². The summed E-state index contributed by atoms with van der Waals surface area (Å²) in [6, 6.07) is 6.40. The second-order valence-electron chi connectivity index (χ2n) is 5.02. The third kappa shape index (κ3) is 3.09. The van der Waals surface area contributed by atoms with Gasteiger partial charge in [0.25, 0.3) is 0 Å². The van der Waals surface area contributed by atoms with Crippen molar-refractivity contribution < 1.29 is 13.9 Å². The van der Waals surface area contributed by atoms with Crippen LogP contribution in [0.25, 0.3) is 0 Å². The summed E-state index contributed by atoms with van der Waals surface area (Å²) in [5, 5.41) is 11.2. The van der Waals surface area contributed by atoms with Gasteiger partial charge in [-0.3, -0.25) is 0 Å². The monoisotopic (exact) mass is 289 g/mol. The molecule has 2 aromatic rings. The van der Waals surface area contributed by atoms with E-state index in [0.29, 0.717) is 25.1 Å². The predicted octanol–water partition coefficient (Wildman–Crippen LogP) is 2.97. The van der Waals surface area contributed by atoms with Crippen molar-refractivity contribution in [3.05, 3.63) is 29.7 Å². The zero-order valence-electron chi connectivity index (χ0n) is 12.3. The lowest BCUT2D eigenvalue weighted by Crippen LogP contribution is -2.16. The van der Waals surface area contributed by atoms with Crippen LogP contribution in [-0.2, 0) is 6.42 Å². The Balaban J connectivity index is 1.70. The quantitative estimate of drug-likeness (QED) is 0.912. The van der Waals surface area contributed by atoms with Crippen molar-refractivity contribution >= 4 is 6.01 Å². The molecule has 21 heavy (non-hydrogen) atoms. The minimum Gasteiger partial charge on any atom is -0.486 e. The first-order valence-corrected chi connectivity index (χ1v) is 7.24. The van der Waals surface area contributed by atoms with E-state index in [1.807, 2.05) is 25.1 Å². The Bertz CT molecular complexity index is 612. The molecule has 3 rings (SSSR count). The van der Waals surface area contributed by atoms with Crippen LogP contribution >= 0.6 is 0 Å². The van der Waals surface area contributed by atoms with Gasteiger partial charge in [-0.15, -0.1) is 5.10 Å². The van der Waals surface area contributed by atoms with Gasteiger partial charge in [0.05, 0.1) is 6.04 Å². The van der Waals surface area contributed by atoms with Crippen LogP contribution < -0.4 is 14.8 Å². The number of nitrogens with zero attached hydrogens (tertiary/aromatic N) is 2. The van der Waals surface area contributed by atoms with Gasteiger partial charge in [-0.2, -0.15) is 0 Å². The smallest absolute Gasteiger partial charge is 0.315 e. The summed E-state index contributed by atoms with van der Waals surface area (Å²) in [4.78, 5) is 0. The second kappa shape index (κ2) is 6.03. The standard InChI is InChI=1S/C15H19N3O3/c1-3-4-14-17-18-15(21-14)16-10(2)11-5-6-12-13(9-11)20-8-7-19-12/h5-6,9-10H,3-4,7-8H2,1-2H3,(H,16,18)/t10-/m0/s1. The van der Waals surface area contributed by atoms with Crippen LogP contribution in [0.2, 0.25) is 0 Å². The zero-order chi connectivity index (χ0) is 14.7. The molecule has 0 bridgehead atoms. The fourth-order valence-corrected chi connectivity index (χ4v) is 2.22. The van der Waals surface area contributed by atoms with E-state index in [1.54, 1.807) is 0 Å². The molecule has 0 fully saturated rings. The molecule has 1 atom stereocenters. The van der Waals surface area contributed by atoms with Crippen molar-refractivity contribution in [3.63, 3.8) is 0 Å². The number of aromatic nitrogens is 2.